The Bertz CT molecular complexity index is 1470. The number of hydrogen-bond donors (Lipinski definition) is 0. The van der Waals surface area contributed by atoms with Crippen LogP contribution in [0.3, 0.4) is 0 Å². The van der Waals surface area contributed by atoms with Gasteiger partial charge in [-0.2, -0.15) is 0 Å². The monoisotopic (exact) mass is 1150 g/mol. The number of esters is 4. The van der Waals surface area contributed by atoms with Crippen LogP contribution < -0.4 is 0 Å². The van der Waals surface area contributed by atoms with Crippen molar-refractivity contribution in [2.75, 3.05) is 0 Å². The lowest BCUT2D eigenvalue weighted by Crippen LogP contribution is -2.44. The number of carbonyl (C=O) groups excluding carboxylic acids is 6. The van der Waals surface area contributed by atoms with E-state index in [9.17, 15) is 28.8 Å². The second kappa shape index (κ2) is 60.0. The summed E-state index contributed by atoms with van der Waals surface area (Å²) in [6, 6.07) is 0. The van der Waals surface area contributed by atoms with E-state index in [4.69, 9.17) is 28.7 Å². The van der Waals surface area contributed by atoms with Crippen molar-refractivity contribution in [1.29, 1.82) is 0 Å². The first-order valence-electron chi connectivity index (χ1n) is 34.8. The Balaban J connectivity index is 5.45. The molecule has 12 nitrogen and oxygen atoms in total. The second-order valence-electron chi connectivity index (χ2n) is 23.8. The molecule has 0 spiro atoms. The van der Waals surface area contributed by atoms with Crippen LogP contribution in [0.15, 0.2) is 0 Å². The van der Waals surface area contributed by atoms with Gasteiger partial charge in [-0.1, -0.05) is 304 Å². The van der Waals surface area contributed by atoms with Gasteiger partial charge in [-0.05, 0) is 51.4 Å². The summed E-state index contributed by atoms with van der Waals surface area (Å²) in [5, 5.41) is 0. The van der Waals surface area contributed by atoms with Gasteiger partial charge in [0.1, 0.15) is 0 Å². The number of rotatable bonds is 62. The minimum absolute atomic E-state index is 0.0914. The van der Waals surface area contributed by atoms with Crippen LogP contribution in [0.2, 0.25) is 0 Å². The molecule has 0 aromatic carbocycles. The highest BCUT2D eigenvalue weighted by Crippen LogP contribution is 2.29. The summed E-state index contributed by atoms with van der Waals surface area (Å²) in [4.78, 5) is 89.0. The first kappa shape index (κ1) is 77.8. The Kier molecular flexibility index (Phi) is 57.6. The number of carbonyl (C=O) groups is 6. The molecule has 0 saturated heterocycles. The molecule has 0 aliphatic carbocycles. The van der Waals surface area contributed by atoms with Crippen molar-refractivity contribution in [1.82, 2.24) is 0 Å². The van der Waals surface area contributed by atoms with Gasteiger partial charge < -0.3 is 18.9 Å². The van der Waals surface area contributed by atoms with Crippen molar-refractivity contribution in [2.24, 2.45) is 0 Å². The predicted molar refractivity (Wildman–Crippen MR) is 330 cm³/mol. The third kappa shape index (κ3) is 53.3. The molecule has 0 rings (SSSR count). The summed E-state index contributed by atoms with van der Waals surface area (Å²) in [5.41, 5.74) is 0. The van der Waals surface area contributed by atoms with Gasteiger partial charge in [-0.25, -0.2) is 19.4 Å². The van der Waals surface area contributed by atoms with E-state index >= 15 is 0 Å². The molecule has 0 aromatic rings. The third-order valence-electron chi connectivity index (χ3n) is 15.7. The Morgan fingerprint density at radius 1 is 0.259 bits per heavy atom. The Hall–Kier alpha value is -3.18. The molecule has 0 bridgehead atoms. The first-order valence-corrected chi connectivity index (χ1v) is 34.8. The maximum absolute atomic E-state index is 13.6. The normalized spacial score (nSPS) is 12.4. The molecule has 0 N–H and O–H groups in total. The molecule has 0 heterocycles. The van der Waals surface area contributed by atoms with Gasteiger partial charge in [0.05, 0.1) is 12.8 Å². The van der Waals surface area contributed by atoms with E-state index in [2.05, 4.69) is 34.6 Å². The highest BCUT2D eigenvalue weighted by atomic mass is 17.2. The number of ether oxygens (including phenoxy) is 4. The number of unbranched alkanes of at least 4 members (excludes halogenated alkanes) is 43. The van der Waals surface area contributed by atoms with Crippen molar-refractivity contribution in [3.63, 3.8) is 0 Å². The van der Waals surface area contributed by atoms with Crippen LogP contribution >= 0.6 is 0 Å². The molecule has 0 aliphatic rings. The third-order valence-corrected chi connectivity index (χ3v) is 15.7. The molecule has 0 saturated carbocycles. The fraction of sp³-hybridized carbons (Fsp3) is 0.913. The molecule has 476 valence electrons. The highest BCUT2D eigenvalue weighted by molar-refractivity contribution is 5.80. The predicted octanol–water partition coefficient (Wildman–Crippen LogP) is 21.1. The van der Waals surface area contributed by atoms with Crippen LogP contribution in [0.25, 0.3) is 0 Å². The van der Waals surface area contributed by atoms with Crippen molar-refractivity contribution in [3.8, 4) is 0 Å². The second-order valence-corrected chi connectivity index (χ2v) is 23.8. The molecule has 81 heavy (non-hydrogen) atoms. The summed E-state index contributed by atoms with van der Waals surface area (Å²) in [5.74, 6) is -5.47. The van der Waals surface area contributed by atoms with Crippen LogP contribution in [0.5, 0.6) is 0 Å². The minimum atomic E-state index is -2.08. The lowest BCUT2D eigenvalue weighted by molar-refractivity contribution is -0.333. The highest BCUT2D eigenvalue weighted by Gasteiger charge is 2.43. The average Bonchev–Trinajstić information content (AvgIpc) is 3.47. The van der Waals surface area contributed by atoms with Crippen LogP contribution in [-0.2, 0) is 57.5 Å². The zero-order valence-corrected chi connectivity index (χ0v) is 53.6. The summed E-state index contributed by atoms with van der Waals surface area (Å²) in [7, 11) is 0. The van der Waals surface area contributed by atoms with Crippen LogP contribution in [0.4, 0.5) is 0 Å². The lowest BCUT2D eigenvalue weighted by Gasteiger charge is -2.31. The largest absolute Gasteiger partial charge is 0.450 e. The minimum Gasteiger partial charge on any atom is -0.450 e. The quantitative estimate of drug-likeness (QED) is 0.0187. The molecular weight excluding hydrogens is 1020 g/mol. The molecule has 2 unspecified atom stereocenters. The van der Waals surface area contributed by atoms with E-state index in [0.29, 0.717) is 44.9 Å². The average molecular weight is 1150 g/mol. The SMILES string of the molecule is CCCCCCCCCCCCC(=O)OOC(=O)C(CCCCCCCCCCCC(OC(=O)CCCCCCCCC)(OC(=O)CCCCCCCCCC)OC(=O)CCCCCCCCCCC)OC(=O)CCCCCCCC. The van der Waals surface area contributed by atoms with Gasteiger partial charge in [0.25, 0.3) is 0 Å². The van der Waals surface area contributed by atoms with Crippen molar-refractivity contribution in [2.45, 2.75) is 406 Å². The lowest BCUT2D eigenvalue weighted by atomic mass is 10.0. The Morgan fingerprint density at radius 2 is 0.494 bits per heavy atom. The fourth-order valence-corrected chi connectivity index (χ4v) is 10.4. The Morgan fingerprint density at radius 3 is 0.790 bits per heavy atom. The molecule has 0 fully saturated rings. The van der Waals surface area contributed by atoms with Crippen molar-refractivity contribution < 1.29 is 57.5 Å². The van der Waals surface area contributed by atoms with E-state index in [-0.39, 0.29) is 44.9 Å². The molecule has 12 heteroatoms. The topological polar surface area (TPSA) is 158 Å². The van der Waals surface area contributed by atoms with Gasteiger partial charge in [0.15, 0.2) is 0 Å². The van der Waals surface area contributed by atoms with Crippen LogP contribution in [-0.4, -0.2) is 47.9 Å². The maximum Gasteiger partial charge on any atom is 0.423 e. The number of hydrogen-bond acceptors (Lipinski definition) is 12. The van der Waals surface area contributed by atoms with E-state index in [1.165, 1.54) is 122 Å². The summed E-state index contributed by atoms with van der Waals surface area (Å²) in [6.07, 6.45) is 51.3. The van der Waals surface area contributed by atoms with Gasteiger partial charge in [-0.15, -0.1) is 0 Å². The standard InChI is InChI=1S/C69H128O12/c1-6-11-16-21-26-29-33-39-46-53-60-67(74)80-81-68(75)62(76-63(70)56-49-42-25-20-15-10-5)55-48-41-36-32-30-34-40-47-54-61-69(77-64(71)57-50-43-35-24-19-14-9-4,78-65(72)58-51-44-37-28-23-18-13-8-3)79-66(73)59-52-45-38-31-27-22-17-12-7-2/h62H,6-61H2,1-5H3. The zero-order valence-electron chi connectivity index (χ0n) is 53.6. The molecular formula is C69H128O12. The van der Waals surface area contributed by atoms with E-state index in [1.807, 2.05) is 0 Å². The van der Waals surface area contributed by atoms with Gasteiger partial charge in [0.2, 0.25) is 6.10 Å². The van der Waals surface area contributed by atoms with Crippen molar-refractivity contribution >= 4 is 35.8 Å². The van der Waals surface area contributed by atoms with Gasteiger partial charge in [-0.3, -0.25) is 19.2 Å². The van der Waals surface area contributed by atoms with Crippen molar-refractivity contribution in [3.05, 3.63) is 0 Å². The van der Waals surface area contributed by atoms with E-state index in [1.54, 1.807) is 0 Å². The van der Waals surface area contributed by atoms with E-state index < -0.39 is 47.9 Å². The first-order chi connectivity index (χ1) is 39.6. The van der Waals surface area contributed by atoms with Crippen LogP contribution in [0.1, 0.15) is 394 Å². The van der Waals surface area contributed by atoms with Gasteiger partial charge in [0, 0.05) is 25.7 Å². The molecule has 2 atom stereocenters. The molecule has 0 aliphatic heterocycles. The van der Waals surface area contributed by atoms with Crippen LogP contribution in [0, 0.1) is 0 Å². The zero-order chi connectivity index (χ0) is 59.4. The fourth-order valence-electron chi connectivity index (χ4n) is 10.4. The smallest absolute Gasteiger partial charge is 0.423 e. The Labute approximate surface area is 497 Å². The summed E-state index contributed by atoms with van der Waals surface area (Å²) >= 11 is 0. The molecule has 0 aromatic heterocycles. The molecule has 0 radical (unpaired) electrons. The molecule has 0 amide bonds. The summed E-state index contributed by atoms with van der Waals surface area (Å²) < 4.78 is 23.7. The van der Waals surface area contributed by atoms with E-state index in [0.717, 1.165) is 148 Å². The maximum atomic E-state index is 13.6. The van der Waals surface area contributed by atoms with Gasteiger partial charge >= 0.3 is 41.8 Å². The summed E-state index contributed by atoms with van der Waals surface area (Å²) in [6.45, 7) is 11.0.